The molecule has 1 unspecified atom stereocenters. The molecule has 1 aromatic heterocycles. The number of nitrogens with one attached hydrogen (secondary N) is 2. The van der Waals surface area contributed by atoms with Gasteiger partial charge in [-0.05, 0) is 26.0 Å². The number of nitrogens with zero attached hydrogens (tertiary/aromatic N) is 2. The molecule has 0 saturated heterocycles. The van der Waals surface area contributed by atoms with Crippen LogP contribution in [0.1, 0.15) is 24.1 Å². The minimum absolute atomic E-state index is 0.0842. The molecule has 8 heteroatoms. The highest BCUT2D eigenvalue weighted by molar-refractivity contribution is 6.34. The Morgan fingerprint density at radius 2 is 2.09 bits per heavy atom. The van der Waals surface area contributed by atoms with Gasteiger partial charge in [0.2, 0.25) is 0 Å². The van der Waals surface area contributed by atoms with Crippen LogP contribution in [-0.4, -0.2) is 15.8 Å². The molecule has 0 bridgehead atoms. The lowest BCUT2D eigenvalue weighted by molar-refractivity contribution is 0.249. The molecule has 0 spiro atoms. The molecule has 2 aromatic rings. The van der Waals surface area contributed by atoms with E-state index in [1.54, 1.807) is 20.2 Å². The average Bonchev–Trinajstić information content (AvgIpc) is 2.74. The van der Waals surface area contributed by atoms with E-state index in [9.17, 15) is 9.18 Å². The second-order valence-electron chi connectivity index (χ2n) is 4.91. The van der Waals surface area contributed by atoms with Crippen molar-refractivity contribution in [3.05, 3.63) is 45.3 Å². The summed E-state index contributed by atoms with van der Waals surface area (Å²) < 4.78 is 15.5. The minimum Gasteiger partial charge on any atom is -0.331 e. The van der Waals surface area contributed by atoms with Crippen LogP contribution in [0.3, 0.4) is 0 Å². The molecular formula is C14H15Cl2FN4O. The highest BCUT2D eigenvalue weighted by Gasteiger charge is 2.18. The first-order valence-corrected chi connectivity index (χ1v) is 7.25. The Morgan fingerprint density at radius 3 is 2.68 bits per heavy atom. The van der Waals surface area contributed by atoms with Crippen molar-refractivity contribution in [2.45, 2.75) is 19.9 Å². The third-order valence-corrected chi connectivity index (χ3v) is 3.68. The number of halogens is 3. The standard InChI is InChI=1S/C14H15Cl2FN4O/c1-7-6-18-21(3)13(7)20-14(22)19-8(2)10-4-9(15)5-11(16)12(10)17/h4-6,8H,1-3H3,(H2,19,20,22). The zero-order valence-electron chi connectivity index (χ0n) is 12.2. The van der Waals surface area contributed by atoms with Gasteiger partial charge in [0.1, 0.15) is 11.6 Å². The van der Waals surface area contributed by atoms with Crippen LogP contribution in [0.15, 0.2) is 18.3 Å². The van der Waals surface area contributed by atoms with Gasteiger partial charge in [0.05, 0.1) is 17.3 Å². The van der Waals surface area contributed by atoms with E-state index in [0.29, 0.717) is 10.8 Å². The molecular weight excluding hydrogens is 330 g/mol. The Hall–Kier alpha value is -1.79. The number of hydrogen-bond acceptors (Lipinski definition) is 2. The number of amides is 2. The molecule has 1 aromatic carbocycles. The predicted molar refractivity (Wildman–Crippen MR) is 84.9 cm³/mol. The van der Waals surface area contributed by atoms with Crippen LogP contribution in [0.2, 0.25) is 10.0 Å². The fourth-order valence-corrected chi connectivity index (χ4v) is 2.54. The van der Waals surface area contributed by atoms with E-state index >= 15 is 0 Å². The molecule has 0 radical (unpaired) electrons. The van der Waals surface area contributed by atoms with Gasteiger partial charge in [-0.1, -0.05) is 23.2 Å². The van der Waals surface area contributed by atoms with Crippen LogP contribution in [0.25, 0.3) is 0 Å². The van der Waals surface area contributed by atoms with Crippen molar-refractivity contribution in [2.24, 2.45) is 7.05 Å². The highest BCUT2D eigenvalue weighted by atomic mass is 35.5. The summed E-state index contributed by atoms with van der Waals surface area (Å²) in [6.07, 6.45) is 1.63. The van der Waals surface area contributed by atoms with E-state index in [4.69, 9.17) is 23.2 Å². The lowest BCUT2D eigenvalue weighted by atomic mass is 10.1. The van der Waals surface area contributed by atoms with Gasteiger partial charge in [-0.25, -0.2) is 9.18 Å². The van der Waals surface area contributed by atoms with Crippen molar-refractivity contribution in [3.8, 4) is 0 Å². The summed E-state index contributed by atoms with van der Waals surface area (Å²) in [6.45, 7) is 3.46. The van der Waals surface area contributed by atoms with Gasteiger partial charge in [0, 0.05) is 23.2 Å². The van der Waals surface area contributed by atoms with Gasteiger partial charge in [0.15, 0.2) is 0 Å². The number of carbonyl (C=O) groups excluding carboxylic acids is 1. The molecule has 0 fully saturated rings. The zero-order valence-corrected chi connectivity index (χ0v) is 13.8. The molecule has 0 aliphatic carbocycles. The number of aromatic nitrogens is 2. The van der Waals surface area contributed by atoms with Crippen LogP contribution >= 0.6 is 23.2 Å². The third kappa shape index (κ3) is 3.51. The quantitative estimate of drug-likeness (QED) is 0.825. The largest absolute Gasteiger partial charge is 0.331 e. The van der Waals surface area contributed by atoms with Gasteiger partial charge in [-0.2, -0.15) is 5.10 Å². The van der Waals surface area contributed by atoms with Crippen LogP contribution in [0, 0.1) is 12.7 Å². The topological polar surface area (TPSA) is 59.0 Å². The normalized spacial score (nSPS) is 12.1. The molecule has 0 aliphatic rings. The molecule has 118 valence electrons. The van der Waals surface area contributed by atoms with Crippen molar-refractivity contribution < 1.29 is 9.18 Å². The molecule has 2 amide bonds. The summed E-state index contributed by atoms with van der Waals surface area (Å²) in [5, 5.41) is 9.55. The Labute approximate surface area is 137 Å². The van der Waals surface area contributed by atoms with Crippen molar-refractivity contribution in [2.75, 3.05) is 5.32 Å². The van der Waals surface area contributed by atoms with Crippen molar-refractivity contribution in [1.82, 2.24) is 15.1 Å². The molecule has 0 aliphatic heterocycles. The fourth-order valence-electron chi connectivity index (χ4n) is 2.04. The summed E-state index contributed by atoms with van der Waals surface area (Å²) >= 11 is 11.6. The SMILES string of the molecule is Cc1cnn(C)c1NC(=O)NC(C)c1cc(Cl)cc(Cl)c1F. The minimum atomic E-state index is -0.607. The molecule has 1 atom stereocenters. The molecule has 2 rings (SSSR count). The van der Waals surface area contributed by atoms with E-state index in [2.05, 4.69) is 15.7 Å². The summed E-state index contributed by atoms with van der Waals surface area (Å²) in [5.74, 6) is -0.0371. The summed E-state index contributed by atoms with van der Waals surface area (Å²) in [7, 11) is 1.71. The summed E-state index contributed by atoms with van der Waals surface area (Å²) in [5.41, 5.74) is 1.04. The Morgan fingerprint density at radius 1 is 1.41 bits per heavy atom. The Kier molecular flexibility index (Phi) is 4.93. The number of carbonyl (C=O) groups is 1. The second kappa shape index (κ2) is 6.54. The number of urea groups is 1. The van der Waals surface area contributed by atoms with E-state index in [-0.39, 0.29) is 10.6 Å². The number of aryl methyl sites for hydroxylation is 2. The molecule has 22 heavy (non-hydrogen) atoms. The average molecular weight is 345 g/mol. The third-order valence-electron chi connectivity index (χ3n) is 3.19. The van der Waals surface area contributed by atoms with Gasteiger partial charge >= 0.3 is 6.03 Å². The van der Waals surface area contributed by atoms with Crippen molar-refractivity contribution >= 4 is 35.1 Å². The smallest absolute Gasteiger partial charge is 0.320 e. The maximum atomic E-state index is 14.0. The van der Waals surface area contributed by atoms with Crippen LogP contribution in [0.5, 0.6) is 0 Å². The second-order valence-corrected chi connectivity index (χ2v) is 5.75. The van der Waals surface area contributed by atoms with Crippen LogP contribution in [0.4, 0.5) is 15.0 Å². The van der Waals surface area contributed by atoms with E-state index < -0.39 is 17.9 Å². The lowest BCUT2D eigenvalue weighted by Crippen LogP contribution is -2.32. The van der Waals surface area contributed by atoms with Crippen LogP contribution in [-0.2, 0) is 7.05 Å². The summed E-state index contributed by atoms with van der Waals surface area (Å²) in [4.78, 5) is 12.0. The lowest BCUT2D eigenvalue weighted by Gasteiger charge is -2.17. The predicted octanol–water partition coefficient (Wildman–Crippen LogP) is 4.06. The highest BCUT2D eigenvalue weighted by Crippen LogP contribution is 2.28. The number of hydrogen-bond donors (Lipinski definition) is 2. The molecule has 2 N–H and O–H groups in total. The van der Waals surface area contributed by atoms with Crippen molar-refractivity contribution in [3.63, 3.8) is 0 Å². The molecule has 1 heterocycles. The molecule has 0 saturated carbocycles. The van der Waals surface area contributed by atoms with E-state index in [1.807, 2.05) is 6.92 Å². The first kappa shape index (κ1) is 16.6. The first-order chi connectivity index (χ1) is 10.3. The number of benzene rings is 1. The maximum absolute atomic E-state index is 14.0. The molecule has 5 nitrogen and oxygen atoms in total. The van der Waals surface area contributed by atoms with Crippen LogP contribution < -0.4 is 10.6 Å². The first-order valence-electron chi connectivity index (χ1n) is 6.50. The summed E-state index contributed by atoms with van der Waals surface area (Å²) in [6, 6.07) is 1.66. The van der Waals surface area contributed by atoms with Crippen molar-refractivity contribution in [1.29, 1.82) is 0 Å². The number of anilines is 1. The maximum Gasteiger partial charge on any atom is 0.320 e. The Balaban J connectivity index is 2.12. The zero-order chi connectivity index (χ0) is 16.4. The van der Waals surface area contributed by atoms with Gasteiger partial charge < -0.3 is 5.32 Å². The van der Waals surface area contributed by atoms with E-state index in [1.165, 1.54) is 16.8 Å². The Bertz CT molecular complexity index is 698. The fraction of sp³-hybridized carbons (Fsp3) is 0.286. The monoisotopic (exact) mass is 344 g/mol. The van der Waals surface area contributed by atoms with Gasteiger partial charge in [-0.15, -0.1) is 0 Å². The van der Waals surface area contributed by atoms with E-state index in [0.717, 1.165) is 5.56 Å². The number of rotatable bonds is 3. The van der Waals surface area contributed by atoms with Gasteiger partial charge in [-0.3, -0.25) is 10.00 Å². The van der Waals surface area contributed by atoms with Gasteiger partial charge in [0.25, 0.3) is 0 Å².